The summed E-state index contributed by atoms with van der Waals surface area (Å²) < 4.78 is 0. The Bertz CT molecular complexity index is 328. The van der Waals surface area contributed by atoms with E-state index < -0.39 is 5.60 Å². The van der Waals surface area contributed by atoms with Gasteiger partial charge in [0.25, 0.3) is 0 Å². The Morgan fingerprint density at radius 3 is 2.75 bits per heavy atom. The second-order valence-electron chi connectivity index (χ2n) is 4.00. The van der Waals surface area contributed by atoms with Gasteiger partial charge in [-0.15, -0.1) is 0 Å². The van der Waals surface area contributed by atoms with Crippen LogP contribution in [0.15, 0.2) is 12.3 Å². The van der Waals surface area contributed by atoms with Gasteiger partial charge in [0, 0.05) is 19.3 Å². The number of hydrogen-bond donors (Lipinski definition) is 3. The molecule has 5 nitrogen and oxygen atoms in total. The number of rotatable bonds is 6. The Kier molecular flexibility index (Phi) is 4.49. The number of anilines is 2. The third-order valence-corrected chi connectivity index (χ3v) is 2.40. The van der Waals surface area contributed by atoms with Gasteiger partial charge in [-0.2, -0.15) is 4.98 Å². The quantitative estimate of drug-likeness (QED) is 0.683. The van der Waals surface area contributed by atoms with Crippen molar-refractivity contribution >= 4 is 11.8 Å². The predicted octanol–water partition coefficient (Wildman–Crippen LogP) is 1.48. The van der Waals surface area contributed by atoms with Gasteiger partial charge in [-0.1, -0.05) is 6.92 Å². The van der Waals surface area contributed by atoms with Crippen LogP contribution in [0.25, 0.3) is 0 Å². The van der Waals surface area contributed by atoms with Crippen LogP contribution in [0, 0.1) is 0 Å². The molecule has 0 spiro atoms. The van der Waals surface area contributed by atoms with Gasteiger partial charge in [0.2, 0.25) is 5.95 Å². The molecule has 1 atom stereocenters. The molecular weight excluding hydrogens is 204 g/mol. The zero-order chi connectivity index (χ0) is 12.0. The lowest BCUT2D eigenvalue weighted by Gasteiger charge is -2.21. The highest BCUT2D eigenvalue weighted by atomic mass is 16.3. The Morgan fingerprint density at radius 2 is 2.12 bits per heavy atom. The van der Waals surface area contributed by atoms with Crippen LogP contribution in [0.1, 0.15) is 27.2 Å². The molecular formula is C11H20N4O. The Morgan fingerprint density at radius 1 is 1.38 bits per heavy atom. The number of aliphatic hydroxyl groups is 1. The van der Waals surface area contributed by atoms with E-state index in [2.05, 4.69) is 20.6 Å². The van der Waals surface area contributed by atoms with Gasteiger partial charge < -0.3 is 15.7 Å². The average Bonchev–Trinajstić information content (AvgIpc) is 2.28. The summed E-state index contributed by atoms with van der Waals surface area (Å²) in [6.45, 7) is 7.01. The van der Waals surface area contributed by atoms with E-state index in [1.165, 1.54) is 0 Å². The van der Waals surface area contributed by atoms with E-state index in [-0.39, 0.29) is 0 Å². The van der Waals surface area contributed by atoms with Gasteiger partial charge in [-0.05, 0) is 26.3 Å². The van der Waals surface area contributed by atoms with E-state index in [0.717, 1.165) is 12.4 Å². The van der Waals surface area contributed by atoms with Crippen LogP contribution in [0.3, 0.4) is 0 Å². The van der Waals surface area contributed by atoms with Crippen molar-refractivity contribution in [3.05, 3.63) is 12.3 Å². The number of hydrogen-bond acceptors (Lipinski definition) is 5. The summed E-state index contributed by atoms with van der Waals surface area (Å²) in [5.41, 5.74) is -0.705. The fourth-order valence-corrected chi connectivity index (χ4v) is 1.11. The minimum Gasteiger partial charge on any atom is -0.388 e. The normalized spacial score (nSPS) is 14.2. The van der Waals surface area contributed by atoms with Crippen LogP contribution >= 0.6 is 0 Å². The first-order valence-electron chi connectivity index (χ1n) is 5.60. The van der Waals surface area contributed by atoms with Crippen LogP contribution in [0.5, 0.6) is 0 Å². The van der Waals surface area contributed by atoms with E-state index in [1.54, 1.807) is 19.2 Å². The van der Waals surface area contributed by atoms with E-state index in [4.69, 9.17) is 0 Å². The Balaban J connectivity index is 2.57. The highest BCUT2D eigenvalue weighted by Crippen LogP contribution is 2.11. The molecule has 1 aromatic heterocycles. The summed E-state index contributed by atoms with van der Waals surface area (Å²) >= 11 is 0. The molecule has 5 heteroatoms. The molecule has 0 radical (unpaired) electrons. The molecule has 0 aliphatic carbocycles. The molecule has 0 bridgehead atoms. The van der Waals surface area contributed by atoms with Crippen molar-refractivity contribution in [2.24, 2.45) is 0 Å². The van der Waals surface area contributed by atoms with Crippen molar-refractivity contribution in [3.8, 4) is 0 Å². The van der Waals surface area contributed by atoms with Crippen molar-refractivity contribution in [1.82, 2.24) is 9.97 Å². The summed E-state index contributed by atoms with van der Waals surface area (Å²) in [4.78, 5) is 8.32. The molecule has 1 unspecified atom stereocenters. The van der Waals surface area contributed by atoms with Crippen LogP contribution in [0.4, 0.5) is 11.8 Å². The van der Waals surface area contributed by atoms with E-state index >= 15 is 0 Å². The molecule has 1 rings (SSSR count). The minimum atomic E-state index is -0.705. The lowest BCUT2D eigenvalue weighted by Crippen LogP contribution is -2.32. The molecule has 0 fully saturated rings. The minimum absolute atomic E-state index is 0.478. The highest BCUT2D eigenvalue weighted by molar-refractivity contribution is 5.39. The van der Waals surface area contributed by atoms with Gasteiger partial charge in [-0.3, -0.25) is 0 Å². The van der Waals surface area contributed by atoms with Crippen molar-refractivity contribution < 1.29 is 5.11 Å². The number of nitrogens with one attached hydrogen (secondary N) is 2. The average molecular weight is 224 g/mol. The smallest absolute Gasteiger partial charge is 0.224 e. The second kappa shape index (κ2) is 5.65. The first-order valence-corrected chi connectivity index (χ1v) is 5.60. The van der Waals surface area contributed by atoms with Crippen molar-refractivity contribution in [3.63, 3.8) is 0 Å². The van der Waals surface area contributed by atoms with Crippen LogP contribution < -0.4 is 10.6 Å². The van der Waals surface area contributed by atoms with Gasteiger partial charge in [0.05, 0.1) is 5.60 Å². The Labute approximate surface area is 96.3 Å². The fourth-order valence-electron chi connectivity index (χ4n) is 1.11. The number of aromatic nitrogens is 2. The maximum absolute atomic E-state index is 9.84. The van der Waals surface area contributed by atoms with Crippen LogP contribution in [0.2, 0.25) is 0 Å². The summed E-state index contributed by atoms with van der Waals surface area (Å²) in [6, 6.07) is 1.78. The van der Waals surface area contributed by atoms with Crippen LogP contribution in [-0.2, 0) is 0 Å². The van der Waals surface area contributed by atoms with Gasteiger partial charge in [0.1, 0.15) is 5.82 Å². The monoisotopic (exact) mass is 224 g/mol. The summed E-state index contributed by atoms with van der Waals surface area (Å²) in [5, 5.41) is 16.0. The molecule has 90 valence electrons. The molecule has 0 saturated heterocycles. The number of nitrogens with zero attached hydrogens (tertiary/aromatic N) is 2. The molecule has 0 aliphatic rings. The van der Waals surface area contributed by atoms with Gasteiger partial charge in [0.15, 0.2) is 0 Å². The third-order valence-electron chi connectivity index (χ3n) is 2.40. The maximum atomic E-state index is 9.84. The molecule has 0 amide bonds. The first kappa shape index (κ1) is 12.7. The standard InChI is InChI=1S/C11H20N4O/c1-4-11(3,16)8-14-9-6-7-13-10(15-9)12-5-2/h6-7,16H,4-5,8H2,1-3H3,(H2,12,13,14,15). The topological polar surface area (TPSA) is 70.1 Å². The molecule has 3 N–H and O–H groups in total. The molecule has 0 aromatic carbocycles. The van der Waals surface area contributed by atoms with Gasteiger partial charge in [-0.25, -0.2) is 4.98 Å². The molecule has 0 aliphatic heterocycles. The molecule has 1 aromatic rings. The predicted molar refractivity (Wildman–Crippen MR) is 65.6 cm³/mol. The third kappa shape index (κ3) is 4.02. The lowest BCUT2D eigenvalue weighted by atomic mass is 10.0. The van der Waals surface area contributed by atoms with Crippen molar-refractivity contribution in [1.29, 1.82) is 0 Å². The highest BCUT2D eigenvalue weighted by Gasteiger charge is 2.16. The van der Waals surface area contributed by atoms with Crippen molar-refractivity contribution in [2.45, 2.75) is 32.8 Å². The summed E-state index contributed by atoms with van der Waals surface area (Å²) in [5.74, 6) is 1.32. The van der Waals surface area contributed by atoms with Crippen molar-refractivity contribution in [2.75, 3.05) is 23.7 Å². The molecule has 0 saturated carbocycles. The Hall–Kier alpha value is -1.36. The summed E-state index contributed by atoms with van der Waals surface area (Å²) in [6.07, 6.45) is 2.39. The van der Waals surface area contributed by atoms with Gasteiger partial charge >= 0.3 is 0 Å². The van der Waals surface area contributed by atoms with E-state index in [0.29, 0.717) is 18.9 Å². The lowest BCUT2D eigenvalue weighted by molar-refractivity contribution is 0.0696. The SMILES string of the molecule is CCNc1nccc(NCC(C)(O)CC)n1. The molecule has 1 heterocycles. The maximum Gasteiger partial charge on any atom is 0.224 e. The second-order valence-corrected chi connectivity index (χ2v) is 4.00. The summed E-state index contributed by atoms with van der Waals surface area (Å²) in [7, 11) is 0. The van der Waals surface area contributed by atoms with E-state index in [9.17, 15) is 5.11 Å². The zero-order valence-electron chi connectivity index (χ0n) is 10.1. The largest absolute Gasteiger partial charge is 0.388 e. The fraction of sp³-hybridized carbons (Fsp3) is 0.636. The van der Waals surface area contributed by atoms with E-state index in [1.807, 2.05) is 13.8 Å². The molecule has 16 heavy (non-hydrogen) atoms. The first-order chi connectivity index (χ1) is 7.57. The zero-order valence-corrected chi connectivity index (χ0v) is 10.1. The van der Waals surface area contributed by atoms with Crippen LogP contribution in [-0.4, -0.2) is 33.8 Å².